The minimum absolute atomic E-state index is 0.412. The Labute approximate surface area is 122 Å². The maximum absolute atomic E-state index is 5.97. The first kappa shape index (κ1) is 12.9. The topological polar surface area (TPSA) is 35.0 Å². The summed E-state index contributed by atoms with van der Waals surface area (Å²) in [5, 5.41) is 1.46. The fourth-order valence-electron chi connectivity index (χ4n) is 2.01. The van der Waals surface area contributed by atoms with Crippen LogP contribution in [0.15, 0.2) is 42.6 Å². The summed E-state index contributed by atoms with van der Waals surface area (Å²) in [5.74, 6) is 1.41. The maximum Gasteiger partial charge on any atom is 0.153 e. The van der Waals surface area contributed by atoms with Crippen molar-refractivity contribution >= 4 is 22.5 Å². The van der Waals surface area contributed by atoms with Crippen LogP contribution < -0.4 is 4.74 Å². The lowest BCUT2D eigenvalue weighted by Crippen LogP contribution is -1.92. The number of hydrogen-bond donors (Lipinski definition) is 0. The van der Waals surface area contributed by atoms with Crippen LogP contribution in [0.25, 0.3) is 10.9 Å². The number of benzene rings is 1. The van der Waals surface area contributed by atoms with Crippen LogP contribution in [0.4, 0.5) is 0 Å². The van der Waals surface area contributed by atoms with Gasteiger partial charge in [0.15, 0.2) is 5.75 Å². The van der Waals surface area contributed by atoms with Crippen LogP contribution in [0.1, 0.15) is 11.3 Å². The normalized spacial score (nSPS) is 10.8. The summed E-state index contributed by atoms with van der Waals surface area (Å²) in [4.78, 5) is 8.58. The molecule has 0 saturated heterocycles. The molecule has 0 unspecified atom stereocenters. The van der Waals surface area contributed by atoms with Crippen molar-refractivity contribution in [3.63, 3.8) is 0 Å². The molecule has 3 nitrogen and oxygen atoms in total. The van der Waals surface area contributed by atoms with Crippen molar-refractivity contribution in [2.24, 2.45) is 0 Å². The lowest BCUT2D eigenvalue weighted by atomic mass is 10.2. The Balaban J connectivity index is 2.10. The van der Waals surface area contributed by atoms with E-state index in [0.29, 0.717) is 10.9 Å². The Morgan fingerprint density at radius 2 is 1.90 bits per heavy atom. The van der Waals surface area contributed by atoms with Crippen LogP contribution >= 0.6 is 11.6 Å². The van der Waals surface area contributed by atoms with Crippen molar-refractivity contribution in [1.29, 1.82) is 0 Å². The van der Waals surface area contributed by atoms with Crippen LogP contribution in [0.2, 0.25) is 5.15 Å². The molecule has 0 radical (unpaired) electrons. The summed E-state index contributed by atoms with van der Waals surface area (Å²) >= 11 is 5.92. The molecule has 0 bridgehead atoms. The second-order valence-electron chi connectivity index (χ2n) is 4.66. The summed E-state index contributed by atoms with van der Waals surface area (Å²) in [6.07, 6.45) is 1.70. The van der Waals surface area contributed by atoms with Gasteiger partial charge in [0.1, 0.15) is 16.4 Å². The molecule has 3 aromatic rings. The molecule has 0 atom stereocenters. The van der Waals surface area contributed by atoms with Gasteiger partial charge in [-0.15, -0.1) is 0 Å². The van der Waals surface area contributed by atoms with E-state index in [4.69, 9.17) is 16.3 Å². The van der Waals surface area contributed by atoms with Crippen molar-refractivity contribution in [3.8, 4) is 11.5 Å². The van der Waals surface area contributed by atoms with E-state index in [0.717, 1.165) is 27.9 Å². The molecule has 0 fully saturated rings. The third-order valence-corrected chi connectivity index (χ3v) is 3.27. The number of hydrogen-bond acceptors (Lipinski definition) is 3. The Hall–Kier alpha value is -2.13. The zero-order valence-electron chi connectivity index (χ0n) is 11.2. The van der Waals surface area contributed by atoms with Gasteiger partial charge in [-0.3, -0.25) is 0 Å². The molecular formula is C16H13ClN2O. The summed E-state index contributed by atoms with van der Waals surface area (Å²) in [7, 11) is 0. The molecular weight excluding hydrogens is 272 g/mol. The van der Waals surface area contributed by atoms with Crippen LogP contribution in [0.3, 0.4) is 0 Å². The molecule has 100 valence electrons. The summed E-state index contributed by atoms with van der Waals surface area (Å²) in [6.45, 7) is 3.90. The highest BCUT2D eigenvalue weighted by Gasteiger charge is 2.08. The minimum atomic E-state index is 0.412. The van der Waals surface area contributed by atoms with Gasteiger partial charge in [-0.1, -0.05) is 29.8 Å². The number of fused-ring (bicyclic) bond motifs is 1. The van der Waals surface area contributed by atoms with Crippen molar-refractivity contribution in [2.75, 3.05) is 0 Å². The number of nitrogens with zero attached hydrogens (tertiary/aromatic N) is 2. The van der Waals surface area contributed by atoms with Crippen molar-refractivity contribution < 1.29 is 4.74 Å². The number of pyridine rings is 2. The van der Waals surface area contributed by atoms with Crippen molar-refractivity contribution in [1.82, 2.24) is 9.97 Å². The zero-order chi connectivity index (χ0) is 14.1. The average molecular weight is 285 g/mol. The molecule has 0 spiro atoms. The smallest absolute Gasteiger partial charge is 0.153 e. The SMILES string of the molecule is Cc1ccc2cccc(Oc3cc(Cl)ncc3C)c2n1. The Morgan fingerprint density at radius 1 is 1.05 bits per heavy atom. The lowest BCUT2D eigenvalue weighted by Gasteiger charge is -2.11. The highest BCUT2D eigenvalue weighted by Crippen LogP contribution is 2.31. The van der Waals surface area contributed by atoms with Gasteiger partial charge in [0.25, 0.3) is 0 Å². The van der Waals surface area contributed by atoms with E-state index < -0.39 is 0 Å². The Kier molecular flexibility index (Phi) is 3.28. The van der Waals surface area contributed by atoms with Crippen LogP contribution in [0, 0.1) is 13.8 Å². The number of halogens is 1. The average Bonchev–Trinajstić information content (AvgIpc) is 2.43. The first-order chi connectivity index (χ1) is 9.63. The highest BCUT2D eigenvalue weighted by atomic mass is 35.5. The van der Waals surface area contributed by atoms with E-state index in [2.05, 4.69) is 9.97 Å². The van der Waals surface area contributed by atoms with E-state index in [1.807, 2.05) is 44.2 Å². The number of ether oxygens (including phenoxy) is 1. The molecule has 0 amide bonds. The zero-order valence-corrected chi connectivity index (χ0v) is 12.0. The van der Waals surface area contributed by atoms with E-state index in [9.17, 15) is 0 Å². The standard InChI is InChI=1S/C16H13ClN2O/c1-10-9-18-15(17)8-14(10)20-13-5-3-4-12-7-6-11(2)19-16(12)13/h3-9H,1-2H3. The minimum Gasteiger partial charge on any atom is -0.455 e. The van der Waals surface area contributed by atoms with Gasteiger partial charge < -0.3 is 4.74 Å². The molecule has 4 heteroatoms. The van der Waals surface area contributed by atoms with Gasteiger partial charge in [-0.2, -0.15) is 0 Å². The van der Waals surface area contributed by atoms with Gasteiger partial charge in [-0.25, -0.2) is 9.97 Å². The van der Waals surface area contributed by atoms with Gasteiger partial charge >= 0.3 is 0 Å². The van der Waals surface area contributed by atoms with Gasteiger partial charge in [0.05, 0.1) is 0 Å². The first-order valence-corrected chi connectivity index (χ1v) is 6.67. The summed E-state index contributed by atoms with van der Waals surface area (Å²) < 4.78 is 5.97. The molecule has 0 aliphatic heterocycles. The third-order valence-electron chi connectivity index (χ3n) is 3.06. The summed E-state index contributed by atoms with van der Waals surface area (Å²) in [5.41, 5.74) is 2.73. The quantitative estimate of drug-likeness (QED) is 0.640. The number of aromatic nitrogens is 2. The fraction of sp³-hybridized carbons (Fsp3) is 0.125. The van der Waals surface area contributed by atoms with Crippen LogP contribution in [-0.4, -0.2) is 9.97 Å². The predicted molar refractivity (Wildman–Crippen MR) is 80.5 cm³/mol. The largest absolute Gasteiger partial charge is 0.455 e. The molecule has 0 aliphatic rings. The fourth-order valence-corrected chi connectivity index (χ4v) is 2.16. The van der Waals surface area contributed by atoms with Gasteiger partial charge in [0.2, 0.25) is 0 Å². The van der Waals surface area contributed by atoms with Gasteiger partial charge in [0, 0.05) is 28.9 Å². The molecule has 0 aliphatic carbocycles. The number of rotatable bonds is 2. The molecule has 3 rings (SSSR count). The predicted octanol–water partition coefficient (Wildman–Crippen LogP) is 4.69. The van der Waals surface area contributed by atoms with Crippen LogP contribution in [0.5, 0.6) is 11.5 Å². The van der Waals surface area contributed by atoms with Crippen molar-refractivity contribution in [2.45, 2.75) is 13.8 Å². The van der Waals surface area contributed by atoms with Crippen molar-refractivity contribution in [3.05, 3.63) is 59.0 Å². The molecule has 1 aromatic carbocycles. The lowest BCUT2D eigenvalue weighted by molar-refractivity contribution is 0.482. The first-order valence-electron chi connectivity index (χ1n) is 6.30. The van der Waals surface area contributed by atoms with Crippen LogP contribution in [-0.2, 0) is 0 Å². The van der Waals surface area contributed by atoms with E-state index in [-0.39, 0.29) is 0 Å². The molecule has 2 heterocycles. The van der Waals surface area contributed by atoms with E-state index in [1.54, 1.807) is 12.3 Å². The maximum atomic E-state index is 5.97. The molecule has 20 heavy (non-hydrogen) atoms. The third kappa shape index (κ3) is 2.45. The summed E-state index contributed by atoms with van der Waals surface area (Å²) in [6, 6.07) is 11.6. The monoisotopic (exact) mass is 284 g/mol. The van der Waals surface area contributed by atoms with E-state index in [1.165, 1.54) is 0 Å². The van der Waals surface area contributed by atoms with Gasteiger partial charge in [-0.05, 0) is 26.0 Å². The molecule has 2 aromatic heterocycles. The second-order valence-corrected chi connectivity index (χ2v) is 5.04. The Morgan fingerprint density at radius 3 is 2.75 bits per heavy atom. The highest BCUT2D eigenvalue weighted by molar-refractivity contribution is 6.29. The molecule has 0 N–H and O–H groups in total. The Bertz CT molecular complexity index is 787. The molecule has 0 saturated carbocycles. The number of aryl methyl sites for hydroxylation is 2. The van der Waals surface area contributed by atoms with E-state index >= 15 is 0 Å². The second kappa shape index (κ2) is 5.10. The number of para-hydroxylation sites is 1.